The van der Waals surface area contributed by atoms with Crippen LogP contribution in [0.2, 0.25) is 0 Å². The fraction of sp³-hybridized carbons (Fsp3) is 0.714. The largest absolute Gasteiger partial charge is 0.472 e. The van der Waals surface area contributed by atoms with Crippen molar-refractivity contribution in [2.45, 2.75) is 39.2 Å². The highest BCUT2D eigenvalue weighted by molar-refractivity contribution is 5.13. The molecule has 0 aliphatic heterocycles. The molecule has 4 unspecified atom stereocenters. The second-order valence-electron chi connectivity index (χ2n) is 5.35. The quantitative estimate of drug-likeness (QED) is 0.843. The summed E-state index contributed by atoms with van der Waals surface area (Å²) in [5, 5.41) is 3.45. The van der Waals surface area contributed by atoms with Crippen molar-refractivity contribution in [2.24, 2.45) is 17.8 Å². The second-order valence-corrected chi connectivity index (χ2v) is 5.35. The molecule has 1 aromatic heterocycles. The molecule has 0 radical (unpaired) electrons. The molecule has 4 atom stereocenters. The first-order valence-electron chi connectivity index (χ1n) is 6.41. The molecule has 2 heteroatoms. The molecule has 0 saturated heterocycles. The molecule has 1 fully saturated rings. The van der Waals surface area contributed by atoms with E-state index in [1.165, 1.54) is 24.8 Å². The molecule has 1 saturated carbocycles. The number of nitrogens with one attached hydrogen (secondary N) is 1. The fourth-order valence-corrected chi connectivity index (χ4v) is 3.02. The van der Waals surface area contributed by atoms with E-state index in [0.717, 1.165) is 17.8 Å². The van der Waals surface area contributed by atoms with E-state index in [-0.39, 0.29) is 0 Å². The van der Waals surface area contributed by atoms with E-state index in [0.29, 0.717) is 6.04 Å². The van der Waals surface area contributed by atoms with Crippen molar-refractivity contribution in [3.63, 3.8) is 0 Å². The summed E-state index contributed by atoms with van der Waals surface area (Å²) >= 11 is 0. The van der Waals surface area contributed by atoms with E-state index in [1.54, 1.807) is 6.26 Å². The minimum atomic E-state index is 0.466. The van der Waals surface area contributed by atoms with Gasteiger partial charge in [0, 0.05) is 11.6 Å². The fourth-order valence-electron chi connectivity index (χ4n) is 3.02. The number of hydrogen-bond donors (Lipinski definition) is 1. The van der Waals surface area contributed by atoms with Crippen molar-refractivity contribution >= 4 is 0 Å². The van der Waals surface area contributed by atoms with Crippen molar-refractivity contribution in [3.8, 4) is 0 Å². The van der Waals surface area contributed by atoms with Crippen LogP contribution in [-0.2, 0) is 0 Å². The van der Waals surface area contributed by atoms with Crippen LogP contribution in [0.4, 0.5) is 0 Å². The zero-order valence-corrected chi connectivity index (χ0v) is 10.6. The summed E-state index contributed by atoms with van der Waals surface area (Å²) < 4.78 is 5.20. The lowest BCUT2D eigenvalue weighted by molar-refractivity contribution is 0.174. The van der Waals surface area contributed by atoms with Crippen LogP contribution in [0, 0.1) is 17.8 Å². The molecule has 1 aliphatic rings. The summed E-state index contributed by atoms with van der Waals surface area (Å²) in [6, 6.07) is 2.55. The maximum atomic E-state index is 5.20. The van der Waals surface area contributed by atoms with Gasteiger partial charge >= 0.3 is 0 Å². The predicted octanol–water partition coefficient (Wildman–Crippen LogP) is 3.61. The third kappa shape index (κ3) is 2.32. The third-order valence-electron chi connectivity index (χ3n) is 4.32. The van der Waals surface area contributed by atoms with Gasteiger partial charge in [0.2, 0.25) is 0 Å². The first-order valence-corrected chi connectivity index (χ1v) is 6.41. The van der Waals surface area contributed by atoms with Crippen molar-refractivity contribution in [1.29, 1.82) is 0 Å². The summed E-state index contributed by atoms with van der Waals surface area (Å²) in [7, 11) is 2.06. The lowest BCUT2D eigenvalue weighted by Gasteiger charge is -2.36. The highest BCUT2D eigenvalue weighted by Gasteiger charge is 2.30. The van der Waals surface area contributed by atoms with Gasteiger partial charge in [-0.1, -0.05) is 20.3 Å². The van der Waals surface area contributed by atoms with Crippen molar-refractivity contribution < 1.29 is 4.42 Å². The molecule has 2 nitrogen and oxygen atoms in total. The Morgan fingerprint density at radius 3 is 2.69 bits per heavy atom. The summed E-state index contributed by atoms with van der Waals surface area (Å²) in [5.41, 5.74) is 1.30. The van der Waals surface area contributed by atoms with E-state index < -0.39 is 0 Å². The average molecular weight is 221 g/mol. The normalized spacial score (nSPS) is 32.6. The lowest BCUT2D eigenvalue weighted by Crippen LogP contribution is -2.31. The summed E-state index contributed by atoms with van der Waals surface area (Å²) in [5.74, 6) is 2.49. The number of rotatable bonds is 3. The number of furan rings is 1. The van der Waals surface area contributed by atoms with Crippen molar-refractivity contribution in [3.05, 3.63) is 24.2 Å². The van der Waals surface area contributed by atoms with Gasteiger partial charge in [0.1, 0.15) is 0 Å². The van der Waals surface area contributed by atoms with Gasteiger partial charge in [0.05, 0.1) is 12.5 Å². The minimum absolute atomic E-state index is 0.466. The smallest absolute Gasteiger partial charge is 0.0950 e. The van der Waals surface area contributed by atoms with Gasteiger partial charge in [0.25, 0.3) is 0 Å². The summed E-state index contributed by atoms with van der Waals surface area (Å²) in [4.78, 5) is 0. The monoisotopic (exact) mass is 221 g/mol. The van der Waals surface area contributed by atoms with E-state index in [4.69, 9.17) is 4.42 Å². The van der Waals surface area contributed by atoms with Gasteiger partial charge in [-0.05, 0) is 43.7 Å². The molecule has 1 aromatic rings. The average Bonchev–Trinajstić information content (AvgIpc) is 2.78. The van der Waals surface area contributed by atoms with Crippen LogP contribution >= 0.6 is 0 Å². The molecule has 2 rings (SSSR count). The minimum Gasteiger partial charge on any atom is -0.472 e. The SMILES string of the molecule is CNC(c1ccoc1)C1CCC(C)C(C)C1. The molecular weight excluding hydrogens is 198 g/mol. The number of hydrogen-bond acceptors (Lipinski definition) is 2. The van der Waals surface area contributed by atoms with Crippen molar-refractivity contribution in [1.82, 2.24) is 5.32 Å². The van der Waals surface area contributed by atoms with Crippen LogP contribution in [0.5, 0.6) is 0 Å². The maximum absolute atomic E-state index is 5.20. The topological polar surface area (TPSA) is 25.2 Å². The van der Waals surface area contributed by atoms with Crippen molar-refractivity contribution in [2.75, 3.05) is 7.05 Å². The predicted molar refractivity (Wildman–Crippen MR) is 66.2 cm³/mol. The molecule has 1 aliphatic carbocycles. The van der Waals surface area contributed by atoms with Gasteiger partial charge in [-0.15, -0.1) is 0 Å². The first kappa shape index (κ1) is 11.7. The van der Waals surface area contributed by atoms with Crippen LogP contribution in [0.15, 0.2) is 23.0 Å². The molecule has 16 heavy (non-hydrogen) atoms. The Kier molecular flexibility index (Phi) is 3.70. The zero-order valence-electron chi connectivity index (χ0n) is 10.6. The van der Waals surface area contributed by atoms with Crippen LogP contribution in [0.3, 0.4) is 0 Å². The molecule has 0 amide bonds. The van der Waals surface area contributed by atoms with E-state index >= 15 is 0 Å². The Labute approximate surface area is 98.4 Å². The first-order chi connectivity index (χ1) is 7.72. The summed E-state index contributed by atoms with van der Waals surface area (Å²) in [6.07, 6.45) is 7.68. The molecular formula is C14H23NO. The standard InChI is InChI=1S/C14H23NO/c1-10-4-5-12(8-11(10)2)14(15-3)13-6-7-16-9-13/h6-7,9-12,14-15H,4-5,8H2,1-3H3. The summed E-state index contributed by atoms with van der Waals surface area (Å²) in [6.45, 7) is 4.77. The molecule has 1 N–H and O–H groups in total. The van der Waals surface area contributed by atoms with Gasteiger partial charge in [-0.3, -0.25) is 0 Å². The lowest BCUT2D eigenvalue weighted by atomic mass is 9.72. The molecule has 0 aromatic carbocycles. The molecule has 1 heterocycles. The Bertz CT molecular complexity index is 307. The van der Waals surface area contributed by atoms with Crippen LogP contribution < -0.4 is 5.32 Å². The van der Waals surface area contributed by atoms with E-state index in [2.05, 4.69) is 32.3 Å². The Morgan fingerprint density at radius 2 is 2.12 bits per heavy atom. The second kappa shape index (κ2) is 5.05. The maximum Gasteiger partial charge on any atom is 0.0950 e. The van der Waals surface area contributed by atoms with Crippen LogP contribution in [0.1, 0.15) is 44.7 Å². The Hall–Kier alpha value is -0.760. The van der Waals surface area contributed by atoms with Crippen LogP contribution in [-0.4, -0.2) is 7.05 Å². The van der Waals surface area contributed by atoms with E-state index in [9.17, 15) is 0 Å². The highest BCUT2D eigenvalue weighted by Crippen LogP contribution is 2.39. The molecule has 0 bridgehead atoms. The third-order valence-corrected chi connectivity index (χ3v) is 4.32. The van der Waals surface area contributed by atoms with Crippen LogP contribution in [0.25, 0.3) is 0 Å². The molecule has 0 spiro atoms. The zero-order chi connectivity index (χ0) is 11.5. The highest BCUT2D eigenvalue weighted by atomic mass is 16.3. The van der Waals surface area contributed by atoms with Gasteiger partial charge < -0.3 is 9.73 Å². The van der Waals surface area contributed by atoms with Gasteiger partial charge in [0.15, 0.2) is 0 Å². The molecule has 90 valence electrons. The Morgan fingerprint density at radius 1 is 1.31 bits per heavy atom. The van der Waals surface area contributed by atoms with Gasteiger partial charge in [-0.2, -0.15) is 0 Å². The Balaban J connectivity index is 2.05. The van der Waals surface area contributed by atoms with Gasteiger partial charge in [-0.25, -0.2) is 0 Å². The van der Waals surface area contributed by atoms with E-state index in [1.807, 2.05) is 6.26 Å².